The van der Waals surface area contributed by atoms with Gasteiger partial charge >= 0.3 is 5.97 Å². The molecule has 0 fully saturated rings. The minimum Gasteiger partial charge on any atom is -0.497 e. The molecule has 3 aromatic carbocycles. The third kappa shape index (κ3) is 4.59. The van der Waals surface area contributed by atoms with Crippen LogP contribution in [0.4, 0.5) is 0 Å². The number of furan rings is 1. The van der Waals surface area contributed by atoms with Gasteiger partial charge in [-0.2, -0.15) is 0 Å². The number of aliphatic carboxylic acids is 1. The van der Waals surface area contributed by atoms with Crippen LogP contribution in [-0.2, 0) is 11.2 Å². The van der Waals surface area contributed by atoms with Crippen molar-refractivity contribution in [1.82, 2.24) is 5.32 Å². The van der Waals surface area contributed by atoms with Crippen LogP contribution in [0.2, 0.25) is 0 Å². The highest BCUT2D eigenvalue weighted by Crippen LogP contribution is 2.24. The molecule has 1 amide bonds. The van der Waals surface area contributed by atoms with E-state index in [0.717, 1.165) is 16.7 Å². The minimum absolute atomic E-state index is 0.0499. The molecule has 6 heteroatoms. The fourth-order valence-electron chi connectivity index (χ4n) is 3.39. The van der Waals surface area contributed by atoms with Crippen LogP contribution in [0.1, 0.15) is 16.1 Å². The van der Waals surface area contributed by atoms with E-state index < -0.39 is 17.9 Å². The third-order valence-corrected chi connectivity index (χ3v) is 5.05. The molecule has 0 saturated carbocycles. The summed E-state index contributed by atoms with van der Waals surface area (Å²) in [5, 5.41) is 12.9. The molecule has 0 bridgehead atoms. The topological polar surface area (TPSA) is 88.8 Å². The van der Waals surface area contributed by atoms with Crippen LogP contribution in [0.25, 0.3) is 22.1 Å². The van der Waals surface area contributed by atoms with Gasteiger partial charge in [-0.05, 0) is 41.0 Å². The van der Waals surface area contributed by atoms with Gasteiger partial charge < -0.3 is 19.6 Å². The predicted octanol–water partition coefficient (Wildman–Crippen LogP) is 4.53. The molecule has 1 aromatic heterocycles. The van der Waals surface area contributed by atoms with Crippen LogP contribution < -0.4 is 10.1 Å². The Morgan fingerprint density at radius 2 is 1.68 bits per heavy atom. The molecular formula is C25H21NO5. The maximum Gasteiger partial charge on any atom is 0.326 e. The molecule has 2 N–H and O–H groups in total. The predicted molar refractivity (Wildman–Crippen MR) is 117 cm³/mol. The van der Waals surface area contributed by atoms with Gasteiger partial charge in [0, 0.05) is 11.8 Å². The van der Waals surface area contributed by atoms with Gasteiger partial charge in [0.25, 0.3) is 5.91 Å². The Bertz CT molecular complexity index is 1210. The number of rotatable bonds is 7. The van der Waals surface area contributed by atoms with Gasteiger partial charge in [0.15, 0.2) is 5.76 Å². The summed E-state index contributed by atoms with van der Waals surface area (Å²) >= 11 is 0. The second-order valence-electron chi connectivity index (χ2n) is 7.15. The summed E-state index contributed by atoms with van der Waals surface area (Å²) in [6, 6.07) is 23.2. The average molecular weight is 415 g/mol. The van der Waals surface area contributed by atoms with Crippen LogP contribution >= 0.6 is 0 Å². The number of carboxylic acid groups (broad SMARTS) is 1. The largest absolute Gasteiger partial charge is 0.497 e. The lowest BCUT2D eigenvalue weighted by atomic mass is 10.0. The summed E-state index contributed by atoms with van der Waals surface area (Å²) in [5.74, 6) is -1.00. The number of hydrogen-bond acceptors (Lipinski definition) is 4. The Balaban J connectivity index is 1.48. The highest BCUT2D eigenvalue weighted by Gasteiger charge is 2.23. The standard InChI is InChI=1S/C25H21NO5/c1-30-20-11-12-22-19(14-20)15-23(31-22)24(27)26-21(25(28)29)13-16-7-9-18(10-8-16)17-5-3-2-4-6-17/h2-12,14-15,21H,13H2,1H3,(H,26,27)(H,28,29)/t21-/m0/s1. The Morgan fingerprint density at radius 1 is 0.968 bits per heavy atom. The SMILES string of the molecule is COc1ccc2oc(C(=O)N[C@@H](Cc3ccc(-c4ccccc4)cc3)C(=O)O)cc2c1. The first-order chi connectivity index (χ1) is 15.0. The van der Waals surface area contributed by atoms with Crippen LogP contribution in [0.15, 0.2) is 83.3 Å². The second-order valence-corrected chi connectivity index (χ2v) is 7.15. The summed E-state index contributed by atoms with van der Waals surface area (Å²) in [6.07, 6.45) is 0.157. The summed E-state index contributed by atoms with van der Waals surface area (Å²) in [7, 11) is 1.55. The van der Waals surface area contributed by atoms with Gasteiger partial charge in [0.1, 0.15) is 17.4 Å². The number of methoxy groups -OCH3 is 1. The molecule has 156 valence electrons. The van der Waals surface area contributed by atoms with Crippen LogP contribution in [0.3, 0.4) is 0 Å². The monoisotopic (exact) mass is 415 g/mol. The first kappa shape index (κ1) is 20.2. The zero-order valence-electron chi connectivity index (χ0n) is 16.9. The van der Waals surface area contributed by atoms with Gasteiger partial charge in [0.2, 0.25) is 0 Å². The minimum atomic E-state index is -1.11. The van der Waals surface area contributed by atoms with Crippen molar-refractivity contribution in [3.05, 3.63) is 90.2 Å². The van der Waals surface area contributed by atoms with E-state index >= 15 is 0 Å². The molecule has 0 aliphatic heterocycles. The van der Waals surface area contributed by atoms with Gasteiger partial charge in [-0.1, -0.05) is 54.6 Å². The third-order valence-electron chi connectivity index (χ3n) is 5.05. The molecule has 1 atom stereocenters. The maximum atomic E-state index is 12.6. The maximum absolute atomic E-state index is 12.6. The van der Waals surface area contributed by atoms with Crippen molar-refractivity contribution in [2.45, 2.75) is 12.5 Å². The van der Waals surface area contributed by atoms with Crippen molar-refractivity contribution in [1.29, 1.82) is 0 Å². The van der Waals surface area contributed by atoms with E-state index in [2.05, 4.69) is 5.32 Å². The van der Waals surface area contributed by atoms with Crippen molar-refractivity contribution in [3.63, 3.8) is 0 Å². The summed E-state index contributed by atoms with van der Waals surface area (Å²) in [5.41, 5.74) is 3.45. The van der Waals surface area contributed by atoms with Crippen molar-refractivity contribution in [2.24, 2.45) is 0 Å². The Kier molecular flexibility index (Phi) is 5.71. The lowest BCUT2D eigenvalue weighted by Gasteiger charge is -2.14. The fourth-order valence-corrected chi connectivity index (χ4v) is 3.39. The molecular weight excluding hydrogens is 394 g/mol. The zero-order valence-corrected chi connectivity index (χ0v) is 16.9. The van der Waals surface area contributed by atoms with Crippen molar-refractivity contribution < 1.29 is 23.8 Å². The summed E-state index contributed by atoms with van der Waals surface area (Å²) < 4.78 is 10.7. The van der Waals surface area contributed by atoms with E-state index in [1.807, 2.05) is 54.6 Å². The number of ether oxygens (including phenoxy) is 1. The highest BCUT2D eigenvalue weighted by molar-refractivity contribution is 5.98. The molecule has 4 rings (SSSR count). The molecule has 0 saturated heterocycles. The normalized spacial score (nSPS) is 11.8. The molecule has 6 nitrogen and oxygen atoms in total. The molecule has 0 aliphatic rings. The van der Waals surface area contributed by atoms with E-state index in [4.69, 9.17) is 9.15 Å². The molecule has 0 unspecified atom stereocenters. The first-order valence-corrected chi connectivity index (χ1v) is 9.79. The van der Waals surface area contributed by atoms with Gasteiger partial charge in [-0.3, -0.25) is 4.79 Å². The van der Waals surface area contributed by atoms with Crippen LogP contribution in [0, 0.1) is 0 Å². The Labute approximate surface area is 179 Å². The average Bonchev–Trinajstić information content (AvgIpc) is 3.23. The van der Waals surface area contributed by atoms with E-state index in [9.17, 15) is 14.7 Å². The smallest absolute Gasteiger partial charge is 0.326 e. The number of fused-ring (bicyclic) bond motifs is 1. The number of benzene rings is 3. The van der Waals surface area contributed by atoms with E-state index in [-0.39, 0.29) is 12.2 Å². The lowest BCUT2D eigenvalue weighted by molar-refractivity contribution is -0.139. The van der Waals surface area contributed by atoms with E-state index in [1.165, 1.54) is 0 Å². The molecule has 0 radical (unpaired) electrons. The quantitative estimate of drug-likeness (QED) is 0.463. The fraction of sp³-hybridized carbons (Fsp3) is 0.120. The number of amides is 1. The van der Waals surface area contributed by atoms with Gasteiger partial charge in [-0.25, -0.2) is 4.79 Å². The van der Waals surface area contributed by atoms with Gasteiger partial charge in [0.05, 0.1) is 7.11 Å². The number of carbonyl (C=O) groups is 2. The lowest BCUT2D eigenvalue weighted by Crippen LogP contribution is -2.42. The van der Waals surface area contributed by atoms with Crippen molar-refractivity contribution in [2.75, 3.05) is 7.11 Å². The van der Waals surface area contributed by atoms with Crippen molar-refractivity contribution in [3.8, 4) is 16.9 Å². The second kappa shape index (κ2) is 8.75. The highest BCUT2D eigenvalue weighted by atomic mass is 16.5. The van der Waals surface area contributed by atoms with Crippen molar-refractivity contribution >= 4 is 22.8 Å². The number of hydrogen-bond donors (Lipinski definition) is 2. The molecule has 1 heterocycles. The van der Waals surface area contributed by atoms with E-state index in [1.54, 1.807) is 31.4 Å². The Hall–Kier alpha value is -4.06. The number of carbonyl (C=O) groups excluding carboxylic acids is 1. The summed E-state index contributed by atoms with van der Waals surface area (Å²) in [4.78, 5) is 24.4. The van der Waals surface area contributed by atoms with Crippen LogP contribution in [0.5, 0.6) is 5.75 Å². The van der Waals surface area contributed by atoms with Gasteiger partial charge in [-0.15, -0.1) is 0 Å². The zero-order chi connectivity index (χ0) is 21.8. The Morgan fingerprint density at radius 3 is 2.35 bits per heavy atom. The number of nitrogens with one attached hydrogen (secondary N) is 1. The molecule has 31 heavy (non-hydrogen) atoms. The molecule has 0 aliphatic carbocycles. The molecule has 0 spiro atoms. The van der Waals surface area contributed by atoms with Crippen LogP contribution in [-0.4, -0.2) is 30.1 Å². The summed E-state index contributed by atoms with van der Waals surface area (Å²) in [6.45, 7) is 0. The molecule has 4 aromatic rings. The van der Waals surface area contributed by atoms with E-state index in [0.29, 0.717) is 16.7 Å². The number of carboxylic acids is 1. The first-order valence-electron chi connectivity index (χ1n) is 9.79.